The minimum atomic E-state index is -0.488. The molecule has 7 heteroatoms. The number of benzene rings is 1. The molecule has 2 aromatic heterocycles. The quantitative estimate of drug-likeness (QED) is 0.633. The highest BCUT2D eigenvalue weighted by atomic mass is 16.6. The highest BCUT2D eigenvalue weighted by Crippen LogP contribution is 2.23. The molecule has 0 radical (unpaired) electrons. The van der Waals surface area contributed by atoms with Gasteiger partial charge in [-0.25, -0.2) is 4.79 Å². The molecule has 25 heavy (non-hydrogen) atoms. The van der Waals surface area contributed by atoms with Crippen molar-refractivity contribution in [1.82, 2.24) is 10.3 Å². The van der Waals surface area contributed by atoms with Gasteiger partial charge in [-0.2, -0.15) is 0 Å². The number of carbonyl (C=O) groups excluding carboxylic acids is 1. The van der Waals surface area contributed by atoms with Crippen LogP contribution in [-0.2, 0) is 17.8 Å². The number of aromatic nitrogens is 2. The molecule has 7 nitrogen and oxygen atoms in total. The summed E-state index contributed by atoms with van der Waals surface area (Å²) in [5, 5.41) is 7.84. The van der Waals surface area contributed by atoms with Crippen LogP contribution in [0.5, 0.6) is 5.75 Å². The molecule has 0 saturated heterocycles. The minimum Gasteiger partial charge on any atom is -0.497 e. The second kappa shape index (κ2) is 7.21. The van der Waals surface area contributed by atoms with E-state index in [9.17, 15) is 4.79 Å². The average molecular weight is 342 g/mol. The maximum absolute atomic E-state index is 12.2. The Labute approximate surface area is 144 Å². The first kappa shape index (κ1) is 16.8. The number of nitrogens with zero attached hydrogens (tertiary/aromatic N) is 2. The smallest absolute Gasteiger partial charge is 0.344 e. The number of methoxy groups -OCH3 is 1. The lowest BCUT2D eigenvalue weighted by molar-refractivity contribution is 0.0434. The number of esters is 1. The van der Waals surface area contributed by atoms with Crippen molar-refractivity contribution in [2.24, 2.45) is 0 Å². The zero-order valence-corrected chi connectivity index (χ0v) is 14.2. The maximum atomic E-state index is 12.2. The molecule has 0 saturated carbocycles. The summed E-state index contributed by atoms with van der Waals surface area (Å²) >= 11 is 0. The van der Waals surface area contributed by atoms with Gasteiger partial charge in [0.1, 0.15) is 22.8 Å². The standard InChI is InChI=1S/C18H18N2O5/c1-4-15-17(11(2)24-19-15)18(21)23-10-14-9-16(20-25-14)12-5-7-13(22-3)8-6-12/h5-9H,4,10H2,1-3H3. The Bertz CT molecular complexity index is 864. The number of hydrogen-bond acceptors (Lipinski definition) is 7. The molecule has 3 aromatic rings. The Hall–Kier alpha value is -3.09. The van der Waals surface area contributed by atoms with Crippen LogP contribution in [0.3, 0.4) is 0 Å². The van der Waals surface area contributed by atoms with Gasteiger partial charge in [-0.3, -0.25) is 0 Å². The lowest BCUT2D eigenvalue weighted by atomic mass is 10.1. The second-order valence-corrected chi connectivity index (χ2v) is 5.40. The van der Waals surface area contributed by atoms with Gasteiger partial charge in [0, 0.05) is 11.6 Å². The molecule has 0 bridgehead atoms. The van der Waals surface area contributed by atoms with E-state index in [4.69, 9.17) is 18.5 Å². The zero-order valence-electron chi connectivity index (χ0n) is 14.2. The lowest BCUT2D eigenvalue weighted by Gasteiger charge is -2.02. The maximum Gasteiger partial charge on any atom is 0.344 e. The Morgan fingerprint density at radius 3 is 2.60 bits per heavy atom. The molecule has 0 aliphatic carbocycles. The second-order valence-electron chi connectivity index (χ2n) is 5.40. The van der Waals surface area contributed by atoms with Crippen LogP contribution in [0.2, 0.25) is 0 Å². The largest absolute Gasteiger partial charge is 0.497 e. The summed E-state index contributed by atoms with van der Waals surface area (Å²) in [6.07, 6.45) is 0.589. The van der Waals surface area contributed by atoms with E-state index in [-0.39, 0.29) is 6.61 Å². The van der Waals surface area contributed by atoms with Gasteiger partial charge in [0.05, 0.1) is 12.8 Å². The lowest BCUT2D eigenvalue weighted by Crippen LogP contribution is -2.08. The SMILES string of the molecule is CCc1noc(C)c1C(=O)OCc1cc(-c2ccc(OC)cc2)no1. The van der Waals surface area contributed by atoms with E-state index in [2.05, 4.69) is 10.3 Å². The number of ether oxygens (including phenoxy) is 2. The summed E-state index contributed by atoms with van der Waals surface area (Å²) in [5.41, 5.74) is 2.49. The molecule has 2 heterocycles. The highest BCUT2D eigenvalue weighted by molar-refractivity contribution is 5.91. The summed E-state index contributed by atoms with van der Waals surface area (Å²) < 4.78 is 20.7. The fourth-order valence-electron chi connectivity index (χ4n) is 2.41. The van der Waals surface area contributed by atoms with Crippen LogP contribution >= 0.6 is 0 Å². The van der Waals surface area contributed by atoms with Crippen molar-refractivity contribution in [2.45, 2.75) is 26.9 Å². The van der Waals surface area contributed by atoms with Crippen LogP contribution in [-0.4, -0.2) is 23.4 Å². The van der Waals surface area contributed by atoms with Crippen LogP contribution in [0.15, 0.2) is 39.4 Å². The van der Waals surface area contributed by atoms with Gasteiger partial charge < -0.3 is 18.5 Å². The molecule has 0 fully saturated rings. The first-order chi connectivity index (χ1) is 12.1. The average Bonchev–Trinajstić information content (AvgIpc) is 3.26. The number of hydrogen-bond donors (Lipinski definition) is 0. The predicted molar refractivity (Wildman–Crippen MR) is 88.2 cm³/mol. The van der Waals surface area contributed by atoms with E-state index in [0.717, 1.165) is 11.3 Å². The van der Waals surface area contributed by atoms with E-state index < -0.39 is 5.97 Å². The predicted octanol–water partition coefficient (Wildman–Crippen LogP) is 3.57. The summed E-state index contributed by atoms with van der Waals surface area (Å²) in [7, 11) is 1.61. The summed E-state index contributed by atoms with van der Waals surface area (Å²) in [6, 6.07) is 9.16. The van der Waals surface area contributed by atoms with E-state index in [1.807, 2.05) is 31.2 Å². The Morgan fingerprint density at radius 2 is 1.92 bits per heavy atom. The van der Waals surface area contributed by atoms with Gasteiger partial charge in [0.25, 0.3) is 0 Å². The van der Waals surface area contributed by atoms with Crippen LogP contribution in [0, 0.1) is 6.92 Å². The number of rotatable bonds is 6. The van der Waals surface area contributed by atoms with Gasteiger partial charge in [0.2, 0.25) is 0 Å². The van der Waals surface area contributed by atoms with Crippen molar-refractivity contribution in [3.05, 3.63) is 53.1 Å². The first-order valence-corrected chi connectivity index (χ1v) is 7.84. The Morgan fingerprint density at radius 1 is 1.16 bits per heavy atom. The van der Waals surface area contributed by atoms with Crippen molar-refractivity contribution in [1.29, 1.82) is 0 Å². The molecular weight excluding hydrogens is 324 g/mol. The van der Waals surface area contributed by atoms with Crippen LogP contribution in [0.1, 0.15) is 34.5 Å². The summed E-state index contributed by atoms with van der Waals surface area (Å²) in [4.78, 5) is 12.2. The van der Waals surface area contributed by atoms with E-state index in [0.29, 0.717) is 34.9 Å². The normalized spacial score (nSPS) is 10.7. The van der Waals surface area contributed by atoms with Crippen LogP contribution in [0.4, 0.5) is 0 Å². The molecule has 1 aromatic carbocycles. The molecule has 0 N–H and O–H groups in total. The van der Waals surface area contributed by atoms with Crippen molar-refractivity contribution in [3.8, 4) is 17.0 Å². The van der Waals surface area contributed by atoms with Crippen LogP contribution < -0.4 is 4.74 Å². The van der Waals surface area contributed by atoms with Crippen molar-refractivity contribution in [2.75, 3.05) is 7.11 Å². The molecule has 0 spiro atoms. The molecule has 0 aliphatic heterocycles. The molecule has 0 aliphatic rings. The molecule has 0 amide bonds. The Kier molecular flexibility index (Phi) is 4.83. The fraction of sp³-hybridized carbons (Fsp3) is 0.278. The van der Waals surface area contributed by atoms with Crippen LogP contribution in [0.25, 0.3) is 11.3 Å². The van der Waals surface area contributed by atoms with Gasteiger partial charge in [-0.1, -0.05) is 17.2 Å². The van der Waals surface area contributed by atoms with E-state index in [1.54, 1.807) is 20.1 Å². The van der Waals surface area contributed by atoms with Gasteiger partial charge >= 0.3 is 5.97 Å². The monoisotopic (exact) mass is 342 g/mol. The van der Waals surface area contributed by atoms with E-state index in [1.165, 1.54) is 0 Å². The Balaban J connectivity index is 1.67. The molecular formula is C18H18N2O5. The molecule has 0 unspecified atom stereocenters. The van der Waals surface area contributed by atoms with Gasteiger partial charge in [-0.15, -0.1) is 0 Å². The van der Waals surface area contributed by atoms with Crippen molar-refractivity contribution in [3.63, 3.8) is 0 Å². The van der Waals surface area contributed by atoms with Crippen molar-refractivity contribution >= 4 is 5.97 Å². The summed E-state index contributed by atoms with van der Waals surface area (Å²) in [6.45, 7) is 3.56. The topological polar surface area (TPSA) is 87.6 Å². The molecule has 0 atom stereocenters. The highest BCUT2D eigenvalue weighted by Gasteiger charge is 2.21. The minimum absolute atomic E-state index is 0.0181. The zero-order chi connectivity index (χ0) is 17.8. The van der Waals surface area contributed by atoms with E-state index >= 15 is 0 Å². The third-order valence-corrected chi connectivity index (χ3v) is 3.76. The van der Waals surface area contributed by atoms with Crippen molar-refractivity contribution < 1.29 is 23.3 Å². The molecule has 130 valence electrons. The third kappa shape index (κ3) is 3.55. The molecule has 3 rings (SSSR count). The first-order valence-electron chi connectivity index (χ1n) is 7.84. The number of aryl methyl sites for hydroxylation is 2. The van der Waals surface area contributed by atoms with Gasteiger partial charge in [-0.05, 0) is 37.6 Å². The number of carbonyl (C=O) groups is 1. The fourth-order valence-corrected chi connectivity index (χ4v) is 2.41. The summed E-state index contributed by atoms with van der Waals surface area (Å²) in [5.74, 6) is 1.17. The third-order valence-electron chi connectivity index (χ3n) is 3.76. The van der Waals surface area contributed by atoms with Gasteiger partial charge in [0.15, 0.2) is 12.4 Å².